The highest BCUT2D eigenvalue weighted by Crippen LogP contribution is 2.21. The van der Waals surface area contributed by atoms with Crippen LogP contribution in [0.4, 0.5) is 17.3 Å². The van der Waals surface area contributed by atoms with Gasteiger partial charge < -0.3 is 20.3 Å². The van der Waals surface area contributed by atoms with Crippen LogP contribution in [0.15, 0.2) is 49.1 Å². The Balaban J connectivity index is 1.17. The third-order valence-corrected chi connectivity index (χ3v) is 6.49. The summed E-state index contributed by atoms with van der Waals surface area (Å²) in [5, 5.41) is 16.7. The first-order valence-corrected chi connectivity index (χ1v) is 11.9. The second kappa shape index (κ2) is 9.40. The van der Waals surface area contributed by atoms with E-state index in [0.29, 0.717) is 18.4 Å². The number of morpholine rings is 1. The molecule has 0 aliphatic carbocycles. The third kappa shape index (κ3) is 4.59. The second-order valence-electron chi connectivity index (χ2n) is 8.98. The van der Waals surface area contributed by atoms with E-state index in [-0.39, 0.29) is 0 Å². The molecule has 4 aromatic rings. The summed E-state index contributed by atoms with van der Waals surface area (Å²) >= 11 is 0. The van der Waals surface area contributed by atoms with Gasteiger partial charge in [0.25, 0.3) is 0 Å². The number of hydrogen-bond donors (Lipinski definition) is 2. The first-order valence-electron chi connectivity index (χ1n) is 11.9. The summed E-state index contributed by atoms with van der Waals surface area (Å²) < 4.78 is 9.40. The first-order chi connectivity index (χ1) is 16.8. The molecule has 10 heteroatoms. The molecule has 0 bridgehead atoms. The van der Waals surface area contributed by atoms with E-state index in [2.05, 4.69) is 55.0 Å². The molecular weight excluding hydrogens is 430 g/mol. The maximum atomic E-state index is 5.49. The molecule has 2 aliphatic rings. The highest BCUT2D eigenvalue weighted by molar-refractivity contribution is 5.75. The second-order valence-corrected chi connectivity index (χ2v) is 8.98. The van der Waals surface area contributed by atoms with Gasteiger partial charge in [-0.1, -0.05) is 12.1 Å². The quantitative estimate of drug-likeness (QED) is 0.434. The molecule has 1 aromatic carbocycles. The Morgan fingerprint density at radius 3 is 2.94 bits per heavy atom. The molecule has 2 fully saturated rings. The van der Waals surface area contributed by atoms with Crippen molar-refractivity contribution in [1.82, 2.24) is 34.8 Å². The van der Waals surface area contributed by atoms with Crippen molar-refractivity contribution in [3.63, 3.8) is 0 Å². The zero-order valence-corrected chi connectivity index (χ0v) is 19.1. The number of ether oxygens (including phenoxy) is 1. The number of fused-ring (bicyclic) bond motifs is 1. The lowest BCUT2D eigenvalue weighted by Gasteiger charge is -2.29. The minimum Gasteiger partial charge on any atom is -0.378 e. The van der Waals surface area contributed by atoms with E-state index in [1.807, 2.05) is 34.2 Å². The SMILES string of the molecule is c1cc(Cn2ncc3cnc(Nc4cnn(CC5CCNC5)c4)nc32)cc(N2CCOCC2)c1. The van der Waals surface area contributed by atoms with Crippen LogP contribution in [0.5, 0.6) is 0 Å². The molecule has 1 atom stereocenters. The van der Waals surface area contributed by atoms with Crippen LogP contribution in [0.25, 0.3) is 11.0 Å². The van der Waals surface area contributed by atoms with Crippen molar-refractivity contribution in [3.05, 3.63) is 54.6 Å². The zero-order valence-electron chi connectivity index (χ0n) is 19.1. The molecule has 0 saturated carbocycles. The Kier molecular flexibility index (Phi) is 5.82. The summed E-state index contributed by atoms with van der Waals surface area (Å²) in [5.41, 5.74) is 4.10. The minimum absolute atomic E-state index is 0.540. The summed E-state index contributed by atoms with van der Waals surface area (Å²) in [4.78, 5) is 11.6. The fourth-order valence-corrected chi connectivity index (χ4v) is 4.68. The average Bonchev–Trinajstić information content (AvgIpc) is 3.63. The van der Waals surface area contributed by atoms with Crippen molar-refractivity contribution in [2.75, 3.05) is 49.6 Å². The normalized spacial score (nSPS) is 18.6. The van der Waals surface area contributed by atoms with Crippen LogP contribution in [0.2, 0.25) is 0 Å². The van der Waals surface area contributed by atoms with Gasteiger partial charge in [0.2, 0.25) is 5.95 Å². The van der Waals surface area contributed by atoms with Crippen molar-refractivity contribution in [3.8, 4) is 0 Å². The predicted octanol–water partition coefficient (Wildman–Crippen LogP) is 2.26. The largest absolute Gasteiger partial charge is 0.378 e. The Morgan fingerprint density at radius 2 is 2.06 bits per heavy atom. The van der Waals surface area contributed by atoms with Gasteiger partial charge in [0.1, 0.15) is 0 Å². The smallest absolute Gasteiger partial charge is 0.229 e. The van der Waals surface area contributed by atoms with Gasteiger partial charge in [0.05, 0.1) is 43.2 Å². The number of nitrogens with zero attached hydrogens (tertiary/aromatic N) is 7. The van der Waals surface area contributed by atoms with Crippen molar-refractivity contribution in [2.45, 2.75) is 19.5 Å². The molecule has 10 nitrogen and oxygen atoms in total. The molecule has 0 spiro atoms. The number of hydrogen-bond acceptors (Lipinski definition) is 8. The molecule has 2 saturated heterocycles. The number of rotatable bonds is 7. The van der Waals surface area contributed by atoms with Crippen molar-refractivity contribution in [1.29, 1.82) is 0 Å². The van der Waals surface area contributed by atoms with Crippen molar-refractivity contribution < 1.29 is 4.74 Å². The zero-order chi connectivity index (χ0) is 22.7. The standard InChI is InChI=1S/C24H29N9O/c1-2-18(10-22(3-1)31-6-8-34-9-7-31)16-33-23-20(13-28-33)12-26-24(30-23)29-21-14-27-32(17-21)15-19-4-5-25-11-19/h1-3,10,12-14,17,19,25H,4-9,11,15-16H2,(H,26,29,30). The Hall–Kier alpha value is -3.50. The van der Waals surface area contributed by atoms with E-state index in [1.165, 1.54) is 17.7 Å². The van der Waals surface area contributed by atoms with Crippen molar-refractivity contribution in [2.24, 2.45) is 5.92 Å². The fourth-order valence-electron chi connectivity index (χ4n) is 4.68. The summed E-state index contributed by atoms with van der Waals surface area (Å²) in [6, 6.07) is 8.62. The van der Waals surface area contributed by atoms with Crippen LogP contribution in [0.3, 0.4) is 0 Å². The number of benzene rings is 1. The lowest BCUT2D eigenvalue weighted by atomic mass is 10.1. The number of aromatic nitrogens is 6. The van der Waals surface area contributed by atoms with Gasteiger partial charge in [-0.2, -0.15) is 15.2 Å². The van der Waals surface area contributed by atoms with Crippen LogP contribution in [-0.2, 0) is 17.8 Å². The molecule has 34 heavy (non-hydrogen) atoms. The Bertz CT molecular complexity index is 1250. The first kappa shape index (κ1) is 21.1. The van der Waals surface area contributed by atoms with Gasteiger partial charge in [-0.3, -0.25) is 4.68 Å². The van der Waals surface area contributed by atoms with E-state index in [4.69, 9.17) is 9.72 Å². The molecule has 1 unspecified atom stereocenters. The van der Waals surface area contributed by atoms with Gasteiger partial charge in [-0.05, 0) is 43.1 Å². The van der Waals surface area contributed by atoms with E-state index in [9.17, 15) is 0 Å². The molecule has 0 radical (unpaired) electrons. The average molecular weight is 460 g/mol. The minimum atomic E-state index is 0.540. The van der Waals surface area contributed by atoms with E-state index >= 15 is 0 Å². The molecule has 0 amide bonds. The summed E-state index contributed by atoms with van der Waals surface area (Å²) in [7, 11) is 0. The molecule has 2 N–H and O–H groups in total. The van der Waals surface area contributed by atoms with E-state index < -0.39 is 0 Å². The van der Waals surface area contributed by atoms with Gasteiger partial charge >= 0.3 is 0 Å². The lowest BCUT2D eigenvalue weighted by molar-refractivity contribution is 0.122. The summed E-state index contributed by atoms with van der Waals surface area (Å²) in [5.74, 6) is 1.18. The van der Waals surface area contributed by atoms with Crippen molar-refractivity contribution >= 4 is 28.4 Å². The van der Waals surface area contributed by atoms with Crippen LogP contribution in [0.1, 0.15) is 12.0 Å². The van der Waals surface area contributed by atoms with Crippen LogP contribution < -0.4 is 15.5 Å². The molecule has 6 rings (SSSR count). The predicted molar refractivity (Wildman–Crippen MR) is 130 cm³/mol. The highest BCUT2D eigenvalue weighted by atomic mass is 16.5. The van der Waals surface area contributed by atoms with Gasteiger partial charge in [-0.15, -0.1) is 0 Å². The topological polar surface area (TPSA) is 98.0 Å². The monoisotopic (exact) mass is 459 g/mol. The van der Waals surface area contributed by atoms with E-state index in [0.717, 1.165) is 62.7 Å². The number of anilines is 3. The van der Waals surface area contributed by atoms with Gasteiger partial charge in [0, 0.05) is 37.7 Å². The van der Waals surface area contributed by atoms with E-state index in [1.54, 1.807) is 0 Å². The highest BCUT2D eigenvalue weighted by Gasteiger charge is 2.16. The molecule has 2 aliphatic heterocycles. The summed E-state index contributed by atoms with van der Waals surface area (Å²) in [6.45, 7) is 7.11. The Labute approximate surface area is 197 Å². The number of nitrogens with one attached hydrogen (secondary N) is 2. The van der Waals surface area contributed by atoms with Crippen LogP contribution in [-0.4, -0.2) is 68.9 Å². The lowest BCUT2D eigenvalue weighted by Crippen LogP contribution is -2.36. The van der Waals surface area contributed by atoms with Gasteiger partial charge in [0.15, 0.2) is 5.65 Å². The molecule has 176 valence electrons. The molecular formula is C24H29N9O. The Morgan fingerprint density at radius 1 is 1.12 bits per heavy atom. The maximum absolute atomic E-state index is 5.49. The van der Waals surface area contributed by atoms with Crippen LogP contribution in [0, 0.1) is 5.92 Å². The van der Waals surface area contributed by atoms with Gasteiger partial charge in [-0.25, -0.2) is 9.67 Å². The fraction of sp³-hybridized carbons (Fsp3) is 0.417. The summed E-state index contributed by atoms with van der Waals surface area (Å²) in [6.07, 6.45) is 8.66. The maximum Gasteiger partial charge on any atom is 0.229 e. The molecule has 5 heterocycles. The van der Waals surface area contributed by atoms with Crippen LogP contribution >= 0.6 is 0 Å². The molecule has 3 aromatic heterocycles. The third-order valence-electron chi connectivity index (χ3n) is 6.49.